The van der Waals surface area contributed by atoms with Gasteiger partial charge in [0.2, 0.25) is 0 Å². The summed E-state index contributed by atoms with van der Waals surface area (Å²) in [5.74, 6) is 5.78. The normalized spacial score (nSPS) is 11.3. The van der Waals surface area contributed by atoms with Gasteiger partial charge in [0.05, 0.1) is 17.9 Å². The van der Waals surface area contributed by atoms with Crippen LogP contribution in [0.3, 0.4) is 0 Å². The van der Waals surface area contributed by atoms with Gasteiger partial charge in [0, 0.05) is 5.56 Å². The minimum absolute atomic E-state index is 0.225. The fourth-order valence-electron chi connectivity index (χ4n) is 1.81. The lowest BCUT2D eigenvalue weighted by molar-refractivity contribution is 0.0935. The molecule has 1 aromatic carbocycles. The van der Waals surface area contributed by atoms with Crippen LogP contribution in [-0.4, -0.2) is 17.6 Å². The Morgan fingerprint density at radius 2 is 2.15 bits per heavy atom. The lowest BCUT2D eigenvalue weighted by Gasteiger charge is -2.12. The lowest BCUT2D eigenvalue weighted by Crippen LogP contribution is -2.27. The molecule has 0 spiro atoms. The second kappa shape index (κ2) is 6.60. The molecule has 1 amide bonds. The molecule has 4 heteroatoms. The van der Waals surface area contributed by atoms with E-state index in [0.717, 1.165) is 0 Å². The number of aliphatic hydroxyl groups is 1. The van der Waals surface area contributed by atoms with Crippen molar-refractivity contribution in [3.63, 3.8) is 0 Å². The number of nitrogens with one attached hydrogen (secondary N) is 1. The Hall–Kier alpha value is -2.51. The molecule has 0 fully saturated rings. The largest absolute Gasteiger partial charge is 0.467 e. The van der Waals surface area contributed by atoms with Crippen molar-refractivity contribution in [2.45, 2.75) is 13.0 Å². The topological polar surface area (TPSA) is 62.5 Å². The molecule has 102 valence electrons. The van der Waals surface area contributed by atoms with Gasteiger partial charge in [-0.1, -0.05) is 24.0 Å². The third-order valence-electron chi connectivity index (χ3n) is 2.79. The minimum Gasteiger partial charge on any atom is -0.467 e. The Balaban J connectivity index is 2.17. The zero-order valence-electron chi connectivity index (χ0n) is 11.1. The highest BCUT2D eigenvalue weighted by atomic mass is 16.3. The van der Waals surface area contributed by atoms with Crippen LogP contribution in [0.2, 0.25) is 0 Å². The standard InChI is InChI=1S/C16H15NO3/c1-12(15-9-5-11-20-15)17-16(19)14-8-3-2-6-13(14)7-4-10-18/h2-3,5-6,8-9,11-12,18H,10H2,1H3,(H,17,19). The molecular formula is C16H15NO3. The quantitative estimate of drug-likeness (QED) is 0.839. The number of hydrogen-bond donors (Lipinski definition) is 2. The molecule has 0 radical (unpaired) electrons. The molecule has 0 bridgehead atoms. The van der Waals surface area contributed by atoms with Crippen molar-refractivity contribution in [1.82, 2.24) is 5.32 Å². The maximum absolute atomic E-state index is 12.3. The van der Waals surface area contributed by atoms with E-state index in [2.05, 4.69) is 17.2 Å². The molecule has 1 atom stereocenters. The number of furan rings is 1. The maximum Gasteiger partial charge on any atom is 0.253 e. The van der Waals surface area contributed by atoms with Crippen LogP contribution < -0.4 is 5.32 Å². The van der Waals surface area contributed by atoms with E-state index in [1.807, 2.05) is 13.0 Å². The Kier molecular flexibility index (Phi) is 4.59. The first-order valence-electron chi connectivity index (χ1n) is 6.25. The molecular weight excluding hydrogens is 254 g/mol. The number of rotatable bonds is 3. The van der Waals surface area contributed by atoms with E-state index in [9.17, 15) is 4.79 Å². The predicted octanol–water partition coefficient (Wildman–Crippen LogP) is 2.11. The van der Waals surface area contributed by atoms with Gasteiger partial charge in [-0.25, -0.2) is 0 Å². The van der Waals surface area contributed by atoms with E-state index >= 15 is 0 Å². The number of carbonyl (C=O) groups is 1. The Morgan fingerprint density at radius 3 is 2.85 bits per heavy atom. The molecule has 0 aliphatic rings. The molecule has 0 aliphatic heterocycles. The van der Waals surface area contributed by atoms with Gasteiger partial charge in [-0.05, 0) is 31.2 Å². The highest BCUT2D eigenvalue weighted by Gasteiger charge is 2.15. The van der Waals surface area contributed by atoms with Crippen molar-refractivity contribution in [1.29, 1.82) is 0 Å². The van der Waals surface area contributed by atoms with Crippen molar-refractivity contribution >= 4 is 5.91 Å². The van der Waals surface area contributed by atoms with Gasteiger partial charge in [-0.2, -0.15) is 0 Å². The number of carbonyl (C=O) groups excluding carboxylic acids is 1. The maximum atomic E-state index is 12.3. The molecule has 2 N–H and O–H groups in total. The van der Waals surface area contributed by atoms with E-state index in [-0.39, 0.29) is 18.6 Å². The average molecular weight is 269 g/mol. The summed E-state index contributed by atoms with van der Waals surface area (Å²) in [7, 11) is 0. The SMILES string of the molecule is CC(NC(=O)c1ccccc1C#CCO)c1ccco1. The number of aliphatic hydroxyl groups excluding tert-OH is 1. The van der Waals surface area contributed by atoms with Gasteiger partial charge in [-0.15, -0.1) is 0 Å². The molecule has 0 aliphatic carbocycles. The molecule has 20 heavy (non-hydrogen) atoms. The summed E-state index contributed by atoms with van der Waals surface area (Å²) < 4.78 is 5.25. The first-order chi connectivity index (χ1) is 9.72. The molecule has 2 rings (SSSR count). The van der Waals surface area contributed by atoms with Crippen molar-refractivity contribution in [2.24, 2.45) is 0 Å². The second-order valence-corrected chi connectivity index (χ2v) is 4.22. The fraction of sp³-hybridized carbons (Fsp3) is 0.188. The summed E-state index contributed by atoms with van der Waals surface area (Å²) in [4.78, 5) is 12.3. The van der Waals surface area contributed by atoms with Crippen LogP contribution in [0.1, 0.15) is 34.6 Å². The monoisotopic (exact) mass is 269 g/mol. The van der Waals surface area contributed by atoms with Crippen LogP contribution >= 0.6 is 0 Å². The van der Waals surface area contributed by atoms with E-state index < -0.39 is 0 Å². The Labute approximate surface area is 117 Å². The van der Waals surface area contributed by atoms with Crippen molar-refractivity contribution in [3.8, 4) is 11.8 Å². The molecule has 2 aromatic rings. The van der Waals surface area contributed by atoms with Crippen LogP contribution in [0, 0.1) is 11.8 Å². The number of benzene rings is 1. The molecule has 4 nitrogen and oxygen atoms in total. The minimum atomic E-state index is -0.237. The zero-order valence-corrected chi connectivity index (χ0v) is 11.1. The summed E-state index contributed by atoms with van der Waals surface area (Å²) >= 11 is 0. The van der Waals surface area contributed by atoms with E-state index in [0.29, 0.717) is 16.9 Å². The fourth-order valence-corrected chi connectivity index (χ4v) is 1.81. The third kappa shape index (κ3) is 3.28. The first kappa shape index (κ1) is 13.9. The molecule has 1 unspecified atom stereocenters. The number of hydrogen-bond acceptors (Lipinski definition) is 3. The molecule has 1 heterocycles. The average Bonchev–Trinajstić information content (AvgIpc) is 2.99. The molecule has 0 saturated carbocycles. The zero-order chi connectivity index (χ0) is 14.4. The first-order valence-corrected chi connectivity index (χ1v) is 6.25. The summed E-state index contributed by atoms with van der Waals surface area (Å²) in [5, 5.41) is 11.6. The van der Waals surface area contributed by atoms with E-state index in [1.165, 1.54) is 0 Å². The Morgan fingerprint density at radius 1 is 1.35 bits per heavy atom. The highest BCUT2D eigenvalue weighted by molar-refractivity contribution is 5.96. The van der Waals surface area contributed by atoms with Gasteiger partial charge < -0.3 is 14.8 Å². The van der Waals surface area contributed by atoms with Crippen LogP contribution in [-0.2, 0) is 0 Å². The third-order valence-corrected chi connectivity index (χ3v) is 2.79. The van der Waals surface area contributed by atoms with Gasteiger partial charge in [-0.3, -0.25) is 4.79 Å². The summed E-state index contributed by atoms with van der Waals surface area (Å²) in [6.07, 6.45) is 1.57. The highest BCUT2D eigenvalue weighted by Crippen LogP contribution is 2.14. The van der Waals surface area contributed by atoms with E-state index in [1.54, 1.807) is 36.6 Å². The summed E-state index contributed by atoms with van der Waals surface area (Å²) in [5.41, 5.74) is 1.07. The lowest BCUT2D eigenvalue weighted by atomic mass is 10.1. The van der Waals surface area contributed by atoms with Crippen molar-refractivity contribution in [3.05, 3.63) is 59.5 Å². The van der Waals surface area contributed by atoms with Crippen molar-refractivity contribution in [2.75, 3.05) is 6.61 Å². The Bertz CT molecular complexity index is 635. The smallest absolute Gasteiger partial charge is 0.253 e. The van der Waals surface area contributed by atoms with Crippen LogP contribution in [0.5, 0.6) is 0 Å². The van der Waals surface area contributed by atoms with Crippen LogP contribution in [0.25, 0.3) is 0 Å². The van der Waals surface area contributed by atoms with Gasteiger partial charge in [0.15, 0.2) is 0 Å². The van der Waals surface area contributed by atoms with Crippen LogP contribution in [0.15, 0.2) is 47.1 Å². The van der Waals surface area contributed by atoms with Gasteiger partial charge in [0.1, 0.15) is 12.4 Å². The van der Waals surface area contributed by atoms with Crippen molar-refractivity contribution < 1.29 is 14.3 Å². The van der Waals surface area contributed by atoms with Gasteiger partial charge in [0.25, 0.3) is 5.91 Å². The molecule has 1 aromatic heterocycles. The van der Waals surface area contributed by atoms with Crippen LogP contribution in [0.4, 0.5) is 0 Å². The van der Waals surface area contributed by atoms with Gasteiger partial charge >= 0.3 is 0 Å². The summed E-state index contributed by atoms with van der Waals surface area (Å²) in [6, 6.07) is 10.4. The van der Waals surface area contributed by atoms with E-state index in [4.69, 9.17) is 9.52 Å². The second-order valence-electron chi connectivity index (χ2n) is 4.22. The number of amides is 1. The molecule has 0 saturated heterocycles. The summed E-state index contributed by atoms with van der Waals surface area (Å²) in [6.45, 7) is 1.61. The predicted molar refractivity (Wildman–Crippen MR) is 75.0 cm³/mol.